The van der Waals surface area contributed by atoms with Crippen LogP contribution in [0.2, 0.25) is 0 Å². The molecule has 0 amide bonds. The molecule has 14 heavy (non-hydrogen) atoms. The average molecular weight is 193 g/mol. The molecule has 2 heterocycles. The van der Waals surface area contributed by atoms with E-state index in [2.05, 4.69) is 27.3 Å². The third kappa shape index (κ3) is 1.77. The van der Waals surface area contributed by atoms with E-state index < -0.39 is 0 Å². The third-order valence-corrected chi connectivity index (χ3v) is 2.47. The van der Waals surface area contributed by atoms with Gasteiger partial charge >= 0.3 is 0 Å². The highest BCUT2D eigenvalue weighted by atomic mass is 15.3. The first kappa shape index (κ1) is 9.21. The monoisotopic (exact) mass is 193 g/mol. The van der Waals surface area contributed by atoms with Gasteiger partial charge in [0.15, 0.2) is 5.82 Å². The molecule has 0 spiro atoms. The van der Waals surface area contributed by atoms with Crippen molar-refractivity contribution in [3.63, 3.8) is 0 Å². The second-order valence-electron chi connectivity index (χ2n) is 3.56. The van der Waals surface area contributed by atoms with E-state index in [9.17, 15) is 0 Å². The van der Waals surface area contributed by atoms with Crippen LogP contribution < -0.4 is 16.0 Å². The number of piperazine rings is 1. The lowest BCUT2D eigenvalue weighted by molar-refractivity contribution is 0.495. The van der Waals surface area contributed by atoms with Crippen LogP contribution in [0, 0.1) is 0 Å². The second kappa shape index (κ2) is 3.79. The molecular weight excluding hydrogens is 178 g/mol. The molecule has 0 aliphatic carbocycles. The van der Waals surface area contributed by atoms with Crippen LogP contribution in [0.15, 0.2) is 12.1 Å². The lowest BCUT2D eigenvalue weighted by atomic mass is 10.2. The van der Waals surface area contributed by atoms with E-state index >= 15 is 0 Å². The fraction of sp³-hybridized carbons (Fsp3) is 0.556. The summed E-state index contributed by atoms with van der Waals surface area (Å²) in [7, 11) is 0. The molecule has 1 aromatic heterocycles. The lowest BCUT2D eigenvalue weighted by Gasteiger charge is -2.34. The Bertz CT molecular complexity index is 297. The predicted molar refractivity (Wildman–Crippen MR) is 56.1 cm³/mol. The molecular formula is C9H15N5. The maximum atomic E-state index is 5.49. The summed E-state index contributed by atoms with van der Waals surface area (Å²) in [6.45, 7) is 5.13. The molecule has 3 N–H and O–H groups in total. The van der Waals surface area contributed by atoms with Crippen molar-refractivity contribution < 1.29 is 0 Å². The van der Waals surface area contributed by atoms with Crippen LogP contribution in [0.1, 0.15) is 6.92 Å². The van der Waals surface area contributed by atoms with Crippen molar-refractivity contribution in [3.8, 4) is 0 Å². The second-order valence-corrected chi connectivity index (χ2v) is 3.56. The van der Waals surface area contributed by atoms with Crippen molar-refractivity contribution in [2.24, 2.45) is 0 Å². The summed E-state index contributed by atoms with van der Waals surface area (Å²) in [5, 5.41) is 11.3. The Morgan fingerprint density at radius 2 is 2.36 bits per heavy atom. The predicted octanol–water partition coefficient (Wildman–Crippen LogP) is -0.143. The first-order valence-corrected chi connectivity index (χ1v) is 4.84. The normalized spacial score (nSPS) is 22.4. The van der Waals surface area contributed by atoms with Crippen molar-refractivity contribution in [1.29, 1.82) is 0 Å². The first-order chi connectivity index (χ1) is 6.77. The van der Waals surface area contributed by atoms with Crippen molar-refractivity contribution >= 4 is 11.6 Å². The molecule has 1 fully saturated rings. The van der Waals surface area contributed by atoms with Crippen molar-refractivity contribution in [3.05, 3.63) is 12.1 Å². The molecule has 5 nitrogen and oxygen atoms in total. The molecule has 0 aromatic carbocycles. The molecule has 5 heteroatoms. The molecule has 76 valence electrons. The van der Waals surface area contributed by atoms with Gasteiger partial charge in [0.05, 0.1) is 0 Å². The van der Waals surface area contributed by atoms with Gasteiger partial charge < -0.3 is 16.0 Å². The number of aromatic nitrogens is 2. The van der Waals surface area contributed by atoms with E-state index in [4.69, 9.17) is 5.73 Å². The SMILES string of the molecule is C[C@H]1CNCCN1c1ccc(N)nn1. The summed E-state index contributed by atoms with van der Waals surface area (Å²) in [5.74, 6) is 1.38. The van der Waals surface area contributed by atoms with Gasteiger partial charge in [-0.1, -0.05) is 0 Å². The molecule has 0 radical (unpaired) electrons. The molecule has 0 saturated carbocycles. The number of rotatable bonds is 1. The van der Waals surface area contributed by atoms with E-state index in [1.165, 1.54) is 0 Å². The highest BCUT2D eigenvalue weighted by Gasteiger charge is 2.19. The molecule has 2 rings (SSSR count). The largest absolute Gasteiger partial charge is 0.382 e. The third-order valence-electron chi connectivity index (χ3n) is 2.47. The number of hydrogen-bond acceptors (Lipinski definition) is 5. The van der Waals surface area contributed by atoms with Crippen LogP contribution in [-0.2, 0) is 0 Å². The number of hydrogen-bond donors (Lipinski definition) is 2. The van der Waals surface area contributed by atoms with E-state index in [-0.39, 0.29) is 0 Å². The number of nitrogens with two attached hydrogens (primary N) is 1. The summed E-state index contributed by atoms with van der Waals surface area (Å²) in [6.07, 6.45) is 0. The quantitative estimate of drug-likeness (QED) is 0.649. The van der Waals surface area contributed by atoms with Crippen LogP contribution in [0.5, 0.6) is 0 Å². The standard InChI is InChI=1S/C9H15N5/c1-7-6-11-4-5-14(7)9-3-2-8(10)12-13-9/h2-3,7,11H,4-6H2,1H3,(H2,10,12)/t7-/m0/s1. The zero-order valence-electron chi connectivity index (χ0n) is 8.27. The molecule has 0 bridgehead atoms. The Kier molecular flexibility index (Phi) is 2.49. The summed E-state index contributed by atoms with van der Waals surface area (Å²) in [5.41, 5.74) is 5.49. The van der Waals surface area contributed by atoms with E-state index in [0.717, 1.165) is 25.5 Å². The number of anilines is 2. The molecule has 1 atom stereocenters. The zero-order chi connectivity index (χ0) is 9.97. The molecule has 1 aromatic rings. The van der Waals surface area contributed by atoms with Gasteiger partial charge in [0.25, 0.3) is 0 Å². The smallest absolute Gasteiger partial charge is 0.151 e. The maximum Gasteiger partial charge on any atom is 0.151 e. The van der Waals surface area contributed by atoms with Gasteiger partial charge in [-0.3, -0.25) is 0 Å². The maximum absolute atomic E-state index is 5.49. The van der Waals surface area contributed by atoms with Crippen LogP contribution in [0.25, 0.3) is 0 Å². The van der Waals surface area contributed by atoms with E-state index in [0.29, 0.717) is 11.9 Å². The van der Waals surface area contributed by atoms with Crippen molar-refractivity contribution in [1.82, 2.24) is 15.5 Å². The number of nitrogens with one attached hydrogen (secondary N) is 1. The Hall–Kier alpha value is -1.36. The number of nitrogens with zero attached hydrogens (tertiary/aromatic N) is 3. The average Bonchev–Trinajstić information content (AvgIpc) is 2.20. The highest BCUT2D eigenvalue weighted by molar-refractivity contribution is 5.42. The molecule has 1 aliphatic rings. The van der Waals surface area contributed by atoms with Crippen LogP contribution in [0.3, 0.4) is 0 Å². The van der Waals surface area contributed by atoms with Gasteiger partial charge in [0.1, 0.15) is 5.82 Å². The Labute approximate surface area is 83.3 Å². The van der Waals surface area contributed by atoms with E-state index in [1.54, 1.807) is 6.07 Å². The Morgan fingerprint density at radius 1 is 1.50 bits per heavy atom. The summed E-state index contributed by atoms with van der Waals surface area (Å²) >= 11 is 0. The van der Waals surface area contributed by atoms with Crippen LogP contribution >= 0.6 is 0 Å². The topological polar surface area (TPSA) is 67.1 Å². The minimum atomic E-state index is 0.460. The van der Waals surface area contributed by atoms with Gasteiger partial charge in [-0.25, -0.2) is 0 Å². The van der Waals surface area contributed by atoms with Gasteiger partial charge in [0, 0.05) is 25.7 Å². The van der Waals surface area contributed by atoms with E-state index in [1.807, 2.05) is 6.07 Å². The Balaban J connectivity index is 2.16. The summed E-state index contributed by atoms with van der Waals surface area (Å²) < 4.78 is 0. The summed E-state index contributed by atoms with van der Waals surface area (Å²) in [6, 6.07) is 4.17. The van der Waals surface area contributed by atoms with Crippen molar-refractivity contribution in [2.75, 3.05) is 30.3 Å². The van der Waals surface area contributed by atoms with Gasteiger partial charge in [-0.15, -0.1) is 10.2 Å². The molecule has 1 saturated heterocycles. The van der Waals surface area contributed by atoms with Gasteiger partial charge in [-0.2, -0.15) is 0 Å². The highest BCUT2D eigenvalue weighted by Crippen LogP contribution is 2.14. The van der Waals surface area contributed by atoms with Crippen molar-refractivity contribution in [2.45, 2.75) is 13.0 Å². The minimum Gasteiger partial charge on any atom is -0.382 e. The van der Waals surface area contributed by atoms with Gasteiger partial charge in [0.2, 0.25) is 0 Å². The molecule has 1 aliphatic heterocycles. The van der Waals surface area contributed by atoms with Crippen LogP contribution in [-0.4, -0.2) is 35.9 Å². The first-order valence-electron chi connectivity index (χ1n) is 4.84. The lowest BCUT2D eigenvalue weighted by Crippen LogP contribution is -2.50. The zero-order valence-corrected chi connectivity index (χ0v) is 8.27. The molecule has 0 unspecified atom stereocenters. The van der Waals surface area contributed by atoms with Crippen LogP contribution in [0.4, 0.5) is 11.6 Å². The van der Waals surface area contributed by atoms with Gasteiger partial charge in [-0.05, 0) is 19.1 Å². The fourth-order valence-corrected chi connectivity index (χ4v) is 1.67. The number of nitrogen functional groups attached to an aromatic ring is 1. The minimum absolute atomic E-state index is 0.460. The fourth-order valence-electron chi connectivity index (χ4n) is 1.67. The Morgan fingerprint density at radius 3 is 3.00 bits per heavy atom. The summed E-state index contributed by atoms with van der Waals surface area (Å²) in [4.78, 5) is 2.24.